The topological polar surface area (TPSA) is 100 Å². The lowest BCUT2D eigenvalue weighted by atomic mass is 9.98. The molecule has 0 aliphatic carbocycles. The number of ether oxygens (including phenoxy) is 4. The summed E-state index contributed by atoms with van der Waals surface area (Å²) in [5.74, 6) is 1.83. The molecule has 47 heavy (non-hydrogen) atoms. The Hall–Kier alpha value is -4.89. The lowest BCUT2D eigenvalue weighted by Gasteiger charge is -2.23. The Morgan fingerprint density at radius 3 is 2.38 bits per heavy atom. The van der Waals surface area contributed by atoms with Crippen LogP contribution in [0.5, 0.6) is 11.5 Å². The summed E-state index contributed by atoms with van der Waals surface area (Å²) in [7, 11) is 1.63. The lowest BCUT2D eigenvalue weighted by molar-refractivity contribution is -0.151. The van der Waals surface area contributed by atoms with Crippen LogP contribution in [0.4, 0.5) is 0 Å². The average molecular weight is 639 g/mol. The molecule has 1 aliphatic heterocycles. The number of nitrogens with zero attached hydrogens (tertiary/aromatic N) is 2. The molecule has 0 saturated carbocycles. The van der Waals surface area contributed by atoms with Gasteiger partial charge in [-0.2, -0.15) is 0 Å². The van der Waals surface area contributed by atoms with Gasteiger partial charge in [-0.1, -0.05) is 42.5 Å². The van der Waals surface area contributed by atoms with Crippen molar-refractivity contribution in [3.05, 3.63) is 113 Å². The van der Waals surface area contributed by atoms with Crippen molar-refractivity contribution >= 4 is 11.9 Å². The van der Waals surface area contributed by atoms with Crippen molar-refractivity contribution in [2.45, 2.75) is 59.3 Å². The molecule has 0 amide bonds. The van der Waals surface area contributed by atoms with E-state index < -0.39 is 23.6 Å². The maximum absolute atomic E-state index is 13.5. The number of rotatable bonds is 12. The highest BCUT2D eigenvalue weighted by Crippen LogP contribution is 2.36. The minimum Gasteiger partial charge on any atom is -0.497 e. The fourth-order valence-corrected chi connectivity index (χ4v) is 5.50. The molecule has 246 valence electrons. The molecule has 1 atom stereocenters. The Bertz CT molecular complexity index is 1720. The summed E-state index contributed by atoms with van der Waals surface area (Å²) >= 11 is 0. The van der Waals surface area contributed by atoms with Gasteiger partial charge in [-0.25, -0.2) is 9.78 Å². The number of carbonyl (C=O) groups is 2. The number of oxazole rings is 1. The second-order valence-corrected chi connectivity index (χ2v) is 12.5. The van der Waals surface area contributed by atoms with E-state index in [1.165, 1.54) is 6.92 Å². The van der Waals surface area contributed by atoms with Gasteiger partial charge in [0.15, 0.2) is 6.10 Å². The van der Waals surface area contributed by atoms with Crippen LogP contribution in [-0.2, 0) is 32.0 Å². The molecule has 3 aromatic carbocycles. The van der Waals surface area contributed by atoms with Gasteiger partial charge in [-0.05, 0) is 69.7 Å². The van der Waals surface area contributed by atoms with E-state index in [-0.39, 0.29) is 0 Å². The molecule has 1 aliphatic rings. The van der Waals surface area contributed by atoms with Crippen molar-refractivity contribution < 1.29 is 33.0 Å². The molecule has 0 N–H and O–H groups in total. The van der Waals surface area contributed by atoms with Gasteiger partial charge in [-0.3, -0.25) is 9.69 Å². The second-order valence-electron chi connectivity index (χ2n) is 12.5. The van der Waals surface area contributed by atoms with Gasteiger partial charge in [0.2, 0.25) is 5.89 Å². The van der Waals surface area contributed by atoms with Crippen LogP contribution < -0.4 is 9.47 Å². The SMILES string of the molecule is COc1ccc(CN2CC(C(=O)OC(C)(C)C)=C(C(OC(C)=O)c3cccc(OCCc4nc(-c5ccccc5)oc4C)c3)C2)cc1. The average Bonchev–Trinajstić information content (AvgIpc) is 3.63. The van der Waals surface area contributed by atoms with Crippen molar-refractivity contribution in [3.8, 4) is 23.0 Å². The number of methoxy groups -OCH3 is 1. The molecule has 5 rings (SSSR count). The van der Waals surface area contributed by atoms with Crippen molar-refractivity contribution in [3.63, 3.8) is 0 Å². The van der Waals surface area contributed by atoms with E-state index in [1.54, 1.807) is 7.11 Å². The number of hydrogen-bond donors (Lipinski definition) is 0. The number of hydrogen-bond acceptors (Lipinski definition) is 9. The van der Waals surface area contributed by atoms with E-state index in [0.29, 0.717) is 61.0 Å². The van der Waals surface area contributed by atoms with Gasteiger partial charge in [0, 0.05) is 49.7 Å². The van der Waals surface area contributed by atoms with Crippen LogP contribution in [0.1, 0.15) is 56.4 Å². The van der Waals surface area contributed by atoms with Crippen LogP contribution in [0.2, 0.25) is 0 Å². The molecule has 0 radical (unpaired) electrons. The monoisotopic (exact) mass is 638 g/mol. The molecule has 1 unspecified atom stereocenters. The zero-order chi connectivity index (χ0) is 33.6. The van der Waals surface area contributed by atoms with Gasteiger partial charge in [-0.15, -0.1) is 0 Å². The van der Waals surface area contributed by atoms with Crippen LogP contribution in [0.15, 0.2) is 94.4 Å². The van der Waals surface area contributed by atoms with Crippen molar-refractivity contribution in [1.29, 1.82) is 0 Å². The van der Waals surface area contributed by atoms with Crippen LogP contribution in [0.25, 0.3) is 11.5 Å². The fourth-order valence-electron chi connectivity index (χ4n) is 5.50. The maximum atomic E-state index is 13.5. The molecule has 4 aromatic rings. The highest BCUT2D eigenvalue weighted by atomic mass is 16.6. The molecule has 2 heterocycles. The largest absolute Gasteiger partial charge is 0.497 e. The summed E-state index contributed by atoms with van der Waals surface area (Å²) in [5, 5.41) is 0. The third-order valence-electron chi connectivity index (χ3n) is 7.66. The molecule has 0 saturated heterocycles. The van der Waals surface area contributed by atoms with E-state index in [0.717, 1.165) is 28.3 Å². The zero-order valence-electron chi connectivity index (χ0n) is 27.9. The van der Waals surface area contributed by atoms with Gasteiger partial charge >= 0.3 is 11.9 Å². The fraction of sp³-hybridized carbons (Fsp3) is 0.342. The highest BCUT2D eigenvalue weighted by molar-refractivity contribution is 5.91. The molecule has 9 heteroatoms. The molecular formula is C38H42N2O7. The first-order chi connectivity index (χ1) is 22.5. The van der Waals surface area contributed by atoms with Crippen LogP contribution in [0.3, 0.4) is 0 Å². The first kappa shape index (κ1) is 33.5. The maximum Gasteiger partial charge on any atom is 0.336 e. The number of carbonyl (C=O) groups excluding carboxylic acids is 2. The summed E-state index contributed by atoms with van der Waals surface area (Å²) in [6.45, 7) is 10.5. The quantitative estimate of drug-likeness (QED) is 0.151. The van der Waals surface area contributed by atoms with Crippen molar-refractivity contribution in [1.82, 2.24) is 9.88 Å². The van der Waals surface area contributed by atoms with Crippen LogP contribution in [0, 0.1) is 6.92 Å². The summed E-state index contributed by atoms with van der Waals surface area (Å²) in [6.07, 6.45) is -0.251. The first-order valence-electron chi connectivity index (χ1n) is 15.7. The number of aromatic nitrogens is 1. The second kappa shape index (κ2) is 14.7. The Kier molecular flexibility index (Phi) is 10.5. The summed E-state index contributed by atoms with van der Waals surface area (Å²) in [5.41, 5.74) is 3.99. The zero-order valence-corrected chi connectivity index (χ0v) is 27.9. The summed E-state index contributed by atoms with van der Waals surface area (Å²) in [4.78, 5) is 32.8. The van der Waals surface area contributed by atoms with E-state index >= 15 is 0 Å². The Morgan fingerprint density at radius 1 is 0.957 bits per heavy atom. The third kappa shape index (κ3) is 8.89. The number of benzene rings is 3. The Labute approximate surface area is 276 Å². The van der Waals surface area contributed by atoms with Crippen molar-refractivity contribution in [2.75, 3.05) is 26.8 Å². The van der Waals surface area contributed by atoms with E-state index in [4.69, 9.17) is 23.4 Å². The molecule has 0 bridgehead atoms. The third-order valence-corrected chi connectivity index (χ3v) is 7.66. The molecule has 1 aromatic heterocycles. The van der Waals surface area contributed by atoms with Crippen molar-refractivity contribution in [2.24, 2.45) is 0 Å². The minimum atomic E-state index is -0.800. The number of aryl methyl sites for hydroxylation is 1. The van der Waals surface area contributed by atoms with E-state index in [1.807, 2.05) is 107 Å². The molecular weight excluding hydrogens is 596 g/mol. The number of esters is 2. The highest BCUT2D eigenvalue weighted by Gasteiger charge is 2.36. The summed E-state index contributed by atoms with van der Waals surface area (Å²) in [6, 6.07) is 25.0. The van der Waals surface area contributed by atoms with Gasteiger partial charge in [0.1, 0.15) is 22.9 Å². The van der Waals surface area contributed by atoms with Crippen LogP contribution in [-0.4, -0.2) is 54.2 Å². The van der Waals surface area contributed by atoms with Crippen LogP contribution >= 0.6 is 0 Å². The predicted octanol–water partition coefficient (Wildman–Crippen LogP) is 7.04. The Balaban J connectivity index is 1.36. The van der Waals surface area contributed by atoms with Gasteiger partial charge in [0.05, 0.1) is 25.0 Å². The molecule has 0 spiro atoms. The first-order valence-corrected chi connectivity index (χ1v) is 15.7. The normalized spacial score (nSPS) is 14.2. The van der Waals surface area contributed by atoms with Gasteiger partial charge < -0.3 is 23.4 Å². The summed E-state index contributed by atoms with van der Waals surface area (Å²) < 4.78 is 29.1. The molecule has 0 fully saturated rings. The smallest absolute Gasteiger partial charge is 0.336 e. The predicted molar refractivity (Wildman–Crippen MR) is 178 cm³/mol. The standard InChI is InChI=1S/C38H42N2O7/c1-25-34(39-36(45-25)28-11-8-7-9-12-28)19-20-44-31-14-10-13-29(21-31)35(46-26(2)41)32-23-40(22-27-15-17-30(43-6)18-16-27)24-33(32)37(42)47-38(3,4)5/h7-18,21,35H,19-20,22-24H2,1-6H3. The lowest BCUT2D eigenvalue weighted by Crippen LogP contribution is -2.27. The Morgan fingerprint density at radius 2 is 1.70 bits per heavy atom. The van der Waals surface area contributed by atoms with E-state index in [2.05, 4.69) is 9.88 Å². The van der Waals surface area contributed by atoms with E-state index in [9.17, 15) is 9.59 Å². The molecule has 9 nitrogen and oxygen atoms in total. The van der Waals surface area contributed by atoms with Gasteiger partial charge in [0.25, 0.3) is 0 Å². The minimum absolute atomic E-state index is 0.353.